The molecule has 3 N–H and O–H groups in total. The number of hydrogen-bond acceptors (Lipinski definition) is 2. The quantitative estimate of drug-likeness (QED) is 0.561. The predicted octanol–water partition coefficient (Wildman–Crippen LogP) is 0.224. The van der Waals surface area contributed by atoms with Crippen LogP contribution in [-0.2, 0) is 0 Å². The first-order valence-electron chi connectivity index (χ1n) is 3.12. The molecule has 1 aromatic heterocycles. The monoisotopic (exact) mass is 123 g/mol. The van der Waals surface area contributed by atoms with E-state index in [-0.39, 0.29) is 0 Å². The van der Waals surface area contributed by atoms with Gasteiger partial charge in [0.2, 0.25) is 0 Å². The fraction of sp³-hybridized carbons (Fsp3) is 0.500. The zero-order valence-electron chi connectivity index (χ0n) is 5.04. The van der Waals surface area contributed by atoms with E-state index < -0.39 is 0 Å². The van der Waals surface area contributed by atoms with Crippen molar-refractivity contribution in [3.8, 4) is 0 Å². The molecule has 0 aromatic carbocycles. The summed E-state index contributed by atoms with van der Waals surface area (Å²) in [6, 6.07) is 0.369. The minimum absolute atomic E-state index is 0.369. The van der Waals surface area contributed by atoms with Crippen LogP contribution in [0.2, 0.25) is 0 Å². The average Bonchev–Trinajstić information content (AvgIpc) is 2.44. The number of imidazole rings is 1. The number of aromatic nitrogens is 2. The first-order chi connectivity index (χ1) is 4.38. The zero-order chi connectivity index (χ0) is 6.27. The summed E-state index contributed by atoms with van der Waals surface area (Å²) in [6.45, 7) is 0. The number of nitrogens with zero attached hydrogens (tertiary/aromatic N) is 1. The van der Waals surface area contributed by atoms with Crippen LogP contribution >= 0.6 is 0 Å². The Labute approximate surface area is 53.3 Å². The van der Waals surface area contributed by atoms with E-state index in [1.54, 1.807) is 6.33 Å². The minimum Gasteiger partial charge on any atom is -0.351 e. The second-order valence-corrected chi connectivity index (χ2v) is 2.50. The summed E-state index contributed by atoms with van der Waals surface area (Å²) in [5.41, 5.74) is 6.72. The van der Waals surface area contributed by atoms with Crippen LogP contribution in [0.15, 0.2) is 12.5 Å². The molecule has 1 aromatic rings. The van der Waals surface area contributed by atoms with Crippen LogP contribution in [0.5, 0.6) is 0 Å². The summed E-state index contributed by atoms with van der Waals surface area (Å²) in [4.78, 5) is 7.00. The maximum Gasteiger partial charge on any atom is 0.0923 e. The van der Waals surface area contributed by atoms with Crippen molar-refractivity contribution < 1.29 is 0 Å². The molecular weight excluding hydrogens is 114 g/mol. The third kappa shape index (κ3) is 0.733. The molecule has 0 spiro atoms. The van der Waals surface area contributed by atoms with E-state index in [2.05, 4.69) is 9.97 Å². The van der Waals surface area contributed by atoms with Crippen molar-refractivity contribution in [2.45, 2.75) is 18.4 Å². The molecular formula is C6H9N3. The molecule has 0 radical (unpaired) electrons. The second kappa shape index (κ2) is 1.57. The summed E-state index contributed by atoms with van der Waals surface area (Å²) in [7, 11) is 0. The molecule has 1 saturated carbocycles. The number of nitrogens with one attached hydrogen (secondary N) is 1. The lowest BCUT2D eigenvalue weighted by atomic mass is 10.3. The number of hydrogen-bond donors (Lipinski definition) is 2. The van der Waals surface area contributed by atoms with Gasteiger partial charge >= 0.3 is 0 Å². The Morgan fingerprint density at radius 3 is 3.00 bits per heavy atom. The highest BCUT2D eigenvalue weighted by atomic mass is 14.9. The molecule has 1 fully saturated rings. The summed E-state index contributed by atoms with van der Waals surface area (Å²) >= 11 is 0. The van der Waals surface area contributed by atoms with Gasteiger partial charge in [0.05, 0.1) is 12.0 Å². The van der Waals surface area contributed by atoms with E-state index in [0.29, 0.717) is 12.0 Å². The van der Waals surface area contributed by atoms with E-state index in [9.17, 15) is 0 Å². The lowest BCUT2D eigenvalue weighted by molar-refractivity contribution is 0.958. The Bertz CT molecular complexity index is 192. The number of rotatable bonds is 1. The van der Waals surface area contributed by atoms with Gasteiger partial charge in [0, 0.05) is 18.2 Å². The lowest BCUT2D eigenvalue weighted by Crippen LogP contribution is -2.00. The normalized spacial score (nSPS) is 32.6. The standard InChI is InChI=1S/C6H9N3/c7-5-1-4(5)6-2-8-3-9-6/h2-5H,1,7H2,(H,8,9)/t4-,5+/m1/s1. The molecule has 0 amide bonds. The fourth-order valence-corrected chi connectivity index (χ4v) is 1.03. The maximum absolute atomic E-state index is 5.60. The van der Waals surface area contributed by atoms with Crippen molar-refractivity contribution in [3.63, 3.8) is 0 Å². The minimum atomic E-state index is 0.369. The molecule has 2 rings (SSSR count). The van der Waals surface area contributed by atoms with Crippen LogP contribution in [0, 0.1) is 0 Å². The van der Waals surface area contributed by atoms with Crippen LogP contribution in [-0.4, -0.2) is 16.0 Å². The van der Waals surface area contributed by atoms with Crippen molar-refractivity contribution in [3.05, 3.63) is 18.2 Å². The molecule has 2 atom stereocenters. The Hall–Kier alpha value is -0.830. The van der Waals surface area contributed by atoms with Crippen molar-refractivity contribution in [1.29, 1.82) is 0 Å². The first-order valence-corrected chi connectivity index (χ1v) is 3.12. The van der Waals surface area contributed by atoms with Gasteiger partial charge in [-0.1, -0.05) is 0 Å². The molecule has 0 saturated heterocycles. The molecule has 1 aliphatic carbocycles. The van der Waals surface area contributed by atoms with Crippen molar-refractivity contribution in [2.75, 3.05) is 0 Å². The largest absolute Gasteiger partial charge is 0.351 e. The summed E-state index contributed by atoms with van der Waals surface area (Å²) in [6.07, 6.45) is 4.71. The van der Waals surface area contributed by atoms with Gasteiger partial charge in [-0.2, -0.15) is 0 Å². The van der Waals surface area contributed by atoms with Crippen molar-refractivity contribution >= 4 is 0 Å². The number of aromatic amines is 1. The van der Waals surface area contributed by atoms with E-state index in [0.717, 1.165) is 12.1 Å². The van der Waals surface area contributed by atoms with Gasteiger partial charge in [0.1, 0.15) is 0 Å². The van der Waals surface area contributed by atoms with Gasteiger partial charge in [-0.05, 0) is 6.42 Å². The average molecular weight is 123 g/mol. The molecule has 0 unspecified atom stereocenters. The van der Waals surface area contributed by atoms with Crippen LogP contribution < -0.4 is 5.73 Å². The highest BCUT2D eigenvalue weighted by molar-refractivity contribution is 5.16. The Morgan fingerprint density at radius 1 is 1.78 bits per heavy atom. The number of H-pyrrole nitrogens is 1. The molecule has 9 heavy (non-hydrogen) atoms. The van der Waals surface area contributed by atoms with Gasteiger partial charge in [-0.25, -0.2) is 4.98 Å². The first kappa shape index (κ1) is 4.99. The maximum atomic E-state index is 5.60. The summed E-state index contributed by atoms with van der Waals surface area (Å²) in [5.74, 6) is 0.538. The van der Waals surface area contributed by atoms with Crippen molar-refractivity contribution in [2.24, 2.45) is 5.73 Å². The van der Waals surface area contributed by atoms with Gasteiger partial charge < -0.3 is 10.7 Å². The molecule has 1 aliphatic rings. The third-order valence-corrected chi connectivity index (χ3v) is 1.74. The predicted molar refractivity (Wildman–Crippen MR) is 33.9 cm³/mol. The van der Waals surface area contributed by atoms with Crippen molar-refractivity contribution in [1.82, 2.24) is 9.97 Å². The van der Waals surface area contributed by atoms with Crippen LogP contribution in [0.4, 0.5) is 0 Å². The molecule has 0 bridgehead atoms. The number of nitrogens with two attached hydrogens (primary N) is 1. The highest BCUT2D eigenvalue weighted by Gasteiger charge is 2.36. The molecule has 1 heterocycles. The van der Waals surface area contributed by atoms with Crippen LogP contribution in [0.1, 0.15) is 18.0 Å². The van der Waals surface area contributed by atoms with Crippen LogP contribution in [0.3, 0.4) is 0 Å². The van der Waals surface area contributed by atoms with E-state index in [1.165, 1.54) is 0 Å². The summed E-state index contributed by atoms with van der Waals surface area (Å²) in [5, 5.41) is 0. The summed E-state index contributed by atoms with van der Waals surface area (Å²) < 4.78 is 0. The molecule has 3 heteroatoms. The zero-order valence-corrected chi connectivity index (χ0v) is 5.04. The SMILES string of the molecule is N[C@H]1C[C@H]1c1c[nH]cn1. The van der Waals surface area contributed by atoms with Crippen LogP contribution in [0.25, 0.3) is 0 Å². The smallest absolute Gasteiger partial charge is 0.0923 e. The Kier molecular flexibility index (Phi) is 0.873. The Morgan fingerprint density at radius 2 is 2.56 bits per heavy atom. The second-order valence-electron chi connectivity index (χ2n) is 2.50. The van der Waals surface area contributed by atoms with Gasteiger partial charge in [-0.15, -0.1) is 0 Å². The molecule has 48 valence electrons. The fourth-order valence-electron chi connectivity index (χ4n) is 1.03. The molecule has 0 aliphatic heterocycles. The Balaban J connectivity index is 2.18. The van der Waals surface area contributed by atoms with E-state index >= 15 is 0 Å². The van der Waals surface area contributed by atoms with E-state index in [1.807, 2.05) is 6.20 Å². The van der Waals surface area contributed by atoms with E-state index in [4.69, 9.17) is 5.73 Å². The lowest BCUT2D eigenvalue weighted by Gasteiger charge is -1.84. The van der Waals surface area contributed by atoms with Gasteiger partial charge in [0.15, 0.2) is 0 Å². The topological polar surface area (TPSA) is 54.7 Å². The van der Waals surface area contributed by atoms with Gasteiger partial charge in [0.25, 0.3) is 0 Å². The highest BCUT2D eigenvalue weighted by Crippen LogP contribution is 2.37. The third-order valence-electron chi connectivity index (χ3n) is 1.74. The van der Waals surface area contributed by atoms with Gasteiger partial charge in [-0.3, -0.25) is 0 Å². The molecule has 3 nitrogen and oxygen atoms in total.